The van der Waals surface area contributed by atoms with E-state index in [2.05, 4.69) is 51.5 Å². The van der Waals surface area contributed by atoms with Gasteiger partial charge < -0.3 is 9.32 Å². The number of aromatic nitrogens is 2. The summed E-state index contributed by atoms with van der Waals surface area (Å²) in [7, 11) is 0. The number of carbonyl (C=O) groups excluding carboxylic acids is 1. The average Bonchev–Trinajstić information content (AvgIpc) is 3.40. The second-order valence-corrected chi connectivity index (χ2v) is 8.56. The SMILES string of the molecule is Cc1nnc(C2CN(Cc3ccccc3)CC23CN(C(=O)C2CC=CC2)C3)o1. The third-order valence-electron chi connectivity index (χ3n) is 6.49. The Morgan fingerprint density at radius 1 is 1.14 bits per heavy atom. The Labute approximate surface area is 165 Å². The zero-order valence-corrected chi connectivity index (χ0v) is 16.3. The predicted molar refractivity (Wildman–Crippen MR) is 104 cm³/mol. The zero-order chi connectivity index (χ0) is 19.1. The van der Waals surface area contributed by atoms with E-state index in [-0.39, 0.29) is 17.3 Å². The van der Waals surface area contributed by atoms with E-state index in [0.717, 1.165) is 51.5 Å². The molecule has 1 amide bonds. The van der Waals surface area contributed by atoms with Gasteiger partial charge in [-0.15, -0.1) is 10.2 Å². The van der Waals surface area contributed by atoms with E-state index >= 15 is 0 Å². The molecule has 6 nitrogen and oxygen atoms in total. The molecule has 6 heteroatoms. The van der Waals surface area contributed by atoms with Crippen LogP contribution in [0.4, 0.5) is 0 Å². The standard InChI is InChI=1S/C22H26N4O2/c1-16-23-24-20(28-16)19-12-25(11-17-7-3-2-4-8-17)13-22(19)14-26(15-22)21(27)18-9-5-6-10-18/h2-8,18-19H,9-15H2,1H3. The molecule has 2 aliphatic heterocycles. The van der Waals surface area contributed by atoms with E-state index in [4.69, 9.17) is 4.42 Å². The lowest BCUT2D eigenvalue weighted by molar-refractivity contribution is -0.148. The first kappa shape index (κ1) is 17.6. The molecule has 0 bridgehead atoms. The van der Waals surface area contributed by atoms with Gasteiger partial charge in [0.2, 0.25) is 17.7 Å². The minimum atomic E-state index is 0.0233. The summed E-state index contributed by atoms with van der Waals surface area (Å²) in [5, 5.41) is 8.39. The number of benzene rings is 1. The van der Waals surface area contributed by atoms with Crippen molar-refractivity contribution in [2.75, 3.05) is 26.2 Å². The summed E-state index contributed by atoms with van der Waals surface area (Å²) in [4.78, 5) is 17.3. The second kappa shape index (κ2) is 6.85. The highest BCUT2D eigenvalue weighted by Gasteiger charge is 2.57. The summed E-state index contributed by atoms with van der Waals surface area (Å²) >= 11 is 0. The van der Waals surface area contributed by atoms with Crippen LogP contribution in [-0.2, 0) is 11.3 Å². The highest BCUT2D eigenvalue weighted by molar-refractivity contribution is 5.80. The fourth-order valence-corrected chi connectivity index (χ4v) is 5.09. The zero-order valence-electron chi connectivity index (χ0n) is 16.3. The Morgan fingerprint density at radius 3 is 2.57 bits per heavy atom. The first-order chi connectivity index (χ1) is 13.6. The third-order valence-corrected chi connectivity index (χ3v) is 6.49. The number of rotatable bonds is 4. The monoisotopic (exact) mass is 378 g/mol. The van der Waals surface area contributed by atoms with Gasteiger partial charge in [0.05, 0.1) is 5.92 Å². The van der Waals surface area contributed by atoms with Crippen molar-refractivity contribution in [3.63, 3.8) is 0 Å². The average molecular weight is 378 g/mol. The maximum Gasteiger partial charge on any atom is 0.226 e. The highest BCUT2D eigenvalue weighted by atomic mass is 16.4. The molecule has 1 atom stereocenters. The van der Waals surface area contributed by atoms with E-state index in [1.54, 1.807) is 0 Å². The Hall–Kier alpha value is -2.47. The highest BCUT2D eigenvalue weighted by Crippen LogP contribution is 2.49. The summed E-state index contributed by atoms with van der Waals surface area (Å²) in [5.41, 5.74) is 1.33. The van der Waals surface area contributed by atoms with Crippen molar-refractivity contribution >= 4 is 5.91 Å². The van der Waals surface area contributed by atoms with Crippen LogP contribution < -0.4 is 0 Å². The quantitative estimate of drug-likeness (QED) is 0.766. The molecule has 0 N–H and O–H groups in total. The number of carbonyl (C=O) groups is 1. The van der Waals surface area contributed by atoms with Crippen molar-refractivity contribution < 1.29 is 9.21 Å². The lowest BCUT2D eigenvalue weighted by Crippen LogP contribution is -2.62. The number of amides is 1. The van der Waals surface area contributed by atoms with E-state index in [1.165, 1.54) is 5.56 Å². The largest absolute Gasteiger partial charge is 0.425 e. The van der Waals surface area contributed by atoms with Crippen LogP contribution in [0, 0.1) is 18.3 Å². The molecule has 0 radical (unpaired) electrons. The van der Waals surface area contributed by atoms with Gasteiger partial charge in [0, 0.05) is 51.0 Å². The van der Waals surface area contributed by atoms with Gasteiger partial charge in [-0.1, -0.05) is 42.5 Å². The van der Waals surface area contributed by atoms with Crippen LogP contribution in [-0.4, -0.2) is 52.1 Å². The van der Waals surface area contributed by atoms with Crippen LogP contribution >= 0.6 is 0 Å². The molecule has 1 aliphatic carbocycles. The molecule has 3 aliphatic rings. The molecule has 1 unspecified atom stereocenters. The summed E-state index contributed by atoms with van der Waals surface area (Å²) in [5.74, 6) is 1.96. The molecule has 2 fully saturated rings. The summed E-state index contributed by atoms with van der Waals surface area (Å²) in [6.07, 6.45) is 6.02. The van der Waals surface area contributed by atoms with Gasteiger partial charge in [0.15, 0.2) is 0 Å². The molecule has 5 rings (SSSR count). The number of allylic oxidation sites excluding steroid dienone is 2. The molecule has 1 spiro atoms. The van der Waals surface area contributed by atoms with Crippen LogP contribution in [0.25, 0.3) is 0 Å². The lowest BCUT2D eigenvalue weighted by Gasteiger charge is -2.51. The molecule has 3 heterocycles. The Morgan fingerprint density at radius 2 is 1.89 bits per heavy atom. The number of likely N-dealkylation sites (tertiary alicyclic amines) is 2. The van der Waals surface area contributed by atoms with Crippen LogP contribution in [0.2, 0.25) is 0 Å². The maximum absolute atomic E-state index is 12.8. The van der Waals surface area contributed by atoms with E-state index in [9.17, 15) is 4.79 Å². The minimum absolute atomic E-state index is 0.0233. The molecular weight excluding hydrogens is 352 g/mol. The molecule has 2 saturated heterocycles. The van der Waals surface area contributed by atoms with Crippen molar-refractivity contribution in [1.82, 2.24) is 20.0 Å². The summed E-state index contributed by atoms with van der Waals surface area (Å²) < 4.78 is 5.83. The van der Waals surface area contributed by atoms with Gasteiger partial charge >= 0.3 is 0 Å². The van der Waals surface area contributed by atoms with Crippen molar-refractivity contribution in [1.29, 1.82) is 0 Å². The minimum Gasteiger partial charge on any atom is -0.425 e. The maximum atomic E-state index is 12.8. The third kappa shape index (κ3) is 3.05. The Kier molecular flexibility index (Phi) is 4.31. The fraction of sp³-hybridized carbons (Fsp3) is 0.500. The number of nitrogens with zero attached hydrogens (tertiary/aromatic N) is 4. The molecule has 1 aromatic carbocycles. The van der Waals surface area contributed by atoms with Gasteiger partial charge in [0.1, 0.15) is 0 Å². The van der Waals surface area contributed by atoms with Gasteiger partial charge in [-0.3, -0.25) is 9.69 Å². The molecule has 28 heavy (non-hydrogen) atoms. The van der Waals surface area contributed by atoms with Gasteiger partial charge in [0.25, 0.3) is 0 Å². The van der Waals surface area contributed by atoms with Gasteiger partial charge in [-0.05, 0) is 18.4 Å². The molecular formula is C22H26N4O2. The molecule has 146 valence electrons. The van der Waals surface area contributed by atoms with Gasteiger partial charge in [-0.25, -0.2) is 0 Å². The van der Waals surface area contributed by atoms with Crippen molar-refractivity contribution in [3.05, 3.63) is 59.8 Å². The van der Waals surface area contributed by atoms with E-state index < -0.39 is 0 Å². The predicted octanol–water partition coefficient (Wildman–Crippen LogP) is 2.77. The number of aryl methyl sites for hydroxylation is 1. The second-order valence-electron chi connectivity index (χ2n) is 8.56. The topological polar surface area (TPSA) is 62.5 Å². The molecule has 0 saturated carbocycles. The van der Waals surface area contributed by atoms with Crippen molar-refractivity contribution in [2.24, 2.45) is 11.3 Å². The summed E-state index contributed by atoms with van der Waals surface area (Å²) in [6.45, 7) is 6.18. The first-order valence-electron chi connectivity index (χ1n) is 10.1. The van der Waals surface area contributed by atoms with Crippen LogP contribution in [0.1, 0.15) is 36.1 Å². The van der Waals surface area contributed by atoms with Gasteiger partial charge in [-0.2, -0.15) is 0 Å². The lowest BCUT2D eigenvalue weighted by atomic mass is 9.71. The smallest absolute Gasteiger partial charge is 0.226 e. The first-order valence-corrected chi connectivity index (χ1v) is 10.1. The molecule has 1 aromatic heterocycles. The van der Waals surface area contributed by atoms with Crippen LogP contribution in [0.15, 0.2) is 46.9 Å². The molecule has 2 aromatic rings. The van der Waals surface area contributed by atoms with Crippen molar-refractivity contribution in [2.45, 2.75) is 32.2 Å². The normalized spacial score (nSPS) is 24.2. The van der Waals surface area contributed by atoms with Crippen molar-refractivity contribution in [3.8, 4) is 0 Å². The van der Waals surface area contributed by atoms with Crippen LogP contribution in [0.5, 0.6) is 0 Å². The Bertz CT molecular complexity index is 877. The van der Waals surface area contributed by atoms with E-state index in [0.29, 0.717) is 11.8 Å². The number of hydrogen-bond donors (Lipinski definition) is 0. The fourth-order valence-electron chi connectivity index (χ4n) is 5.09. The summed E-state index contributed by atoms with van der Waals surface area (Å²) in [6, 6.07) is 10.5. The van der Waals surface area contributed by atoms with Crippen LogP contribution in [0.3, 0.4) is 0 Å². The van der Waals surface area contributed by atoms with E-state index in [1.807, 2.05) is 17.9 Å². The Balaban J connectivity index is 1.33. The number of hydrogen-bond acceptors (Lipinski definition) is 5.